The topological polar surface area (TPSA) is 77.5 Å². The predicted molar refractivity (Wildman–Crippen MR) is 118 cm³/mol. The van der Waals surface area contributed by atoms with E-state index in [1.54, 1.807) is 18.3 Å². The second-order valence-electron chi connectivity index (χ2n) is 9.04. The number of carbonyl (C=O) groups is 2. The molecule has 6 rings (SSSR count). The van der Waals surface area contributed by atoms with E-state index in [1.807, 2.05) is 12.1 Å². The van der Waals surface area contributed by atoms with Gasteiger partial charge in [-0.15, -0.1) is 0 Å². The molecular formula is C26H19F3N2O4. The minimum atomic E-state index is -1.31. The molecule has 0 saturated heterocycles. The predicted octanol–water partition coefficient (Wildman–Crippen LogP) is 4.85. The number of benzene rings is 2. The molecule has 1 fully saturated rings. The summed E-state index contributed by atoms with van der Waals surface area (Å²) in [4.78, 5) is 28.4. The van der Waals surface area contributed by atoms with Crippen molar-refractivity contribution in [1.82, 2.24) is 4.98 Å². The first-order valence-corrected chi connectivity index (χ1v) is 11.3. The van der Waals surface area contributed by atoms with E-state index in [2.05, 4.69) is 10.3 Å². The molecule has 3 heterocycles. The zero-order valence-corrected chi connectivity index (χ0v) is 18.3. The monoisotopic (exact) mass is 480 g/mol. The number of amides is 1. The van der Waals surface area contributed by atoms with E-state index in [4.69, 9.17) is 9.47 Å². The molecule has 1 saturated carbocycles. The van der Waals surface area contributed by atoms with E-state index >= 15 is 0 Å². The molecule has 3 aliphatic rings. The number of hydrogen-bond donors (Lipinski definition) is 1. The lowest BCUT2D eigenvalue weighted by Crippen LogP contribution is -2.20. The van der Waals surface area contributed by atoms with Gasteiger partial charge in [-0.1, -0.05) is 0 Å². The number of Topliss-reactive ketones (excluding diaryl/α,β-unsaturated/α-hetero) is 1. The number of nitrogens with zero attached hydrogens (tertiary/aromatic N) is 1. The maximum absolute atomic E-state index is 13.9. The minimum Gasteiger partial charge on any atom is -0.489 e. The number of anilines is 1. The third kappa shape index (κ3) is 3.90. The van der Waals surface area contributed by atoms with Crippen molar-refractivity contribution in [3.05, 3.63) is 76.7 Å². The minimum absolute atomic E-state index is 0.00256. The van der Waals surface area contributed by atoms with Gasteiger partial charge in [0.1, 0.15) is 40.8 Å². The molecule has 9 heteroatoms. The fourth-order valence-electron chi connectivity index (χ4n) is 5.02. The number of pyridine rings is 1. The maximum atomic E-state index is 13.9. The van der Waals surface area contributed by atoms with Crippen molar-refractivity contribution in [2.24, 2.45) is 5.92 Å². The van der Waals surface area contributed by atoms with Gasteiger partial charge in [0.2, 0.25) is 5.91 Å². The molecule has 0 radical (unpaired) electrons. The maximum Gasteiger partial charge on any atom is 0.225 e. The van der Waals surface area contributed by atoms with E-state index in [9.17, 15) is 22.8 Å². The van der Waals surface area contributed by atoms with Crippen molar-refractivity contribution in [1.29, 1.82) is 0 Å². The molecule has 0 bridgehead atoms. The number of hydrogen-bond acceptors (Lipinski definition) is 5. The van der Waals surface area contributed by atoms with Crippen molar-refractivity contribution >= 4 is 17.5 Å². The summed E-state index contributed by atoms with van der Waals surface area (Å²) in [6.07, 6.45) is 2.04. The fourth-order valence-corrected chi connectivity index (χ4v) is 5.02. The highest BCUT2D eigenvalue weighted by atomic mass is 19.2. The average molecular weight is 480 g/mol. The molecule has 1 N–H and O–H groups in total. The van der Waals surface area contributed by atoms with E-state index in [0.717, 1.165) is 22.9 Å². The van der Waals surface area contributed by atoms with Crippen LogP contribution in [0.1, 0.15) is 35.4 Å². The highest BCUT2D eigenvalue weighted by Gasteiger charge is 2.59. The van der Waals surface area contributed by atoms with Gasteiger partial charge in [-0.05, 0) is 36.8 Å². The van der Waals surface area contributed by atoms with Crippen LogP contribution in [0.3, 0.4) is 0 Å². The van der Waals surface area contributed by atoms with E-state index in [-0.39, 0.29) is 48.0 Å². The number of ether oxygens (including phenoxy) is 2. The zero-order valence-electron chi connectivity index (χ0n) is 18.3. The fraction of sp³-hybridized carbons (Fsp3) is 0.269. The first-order chi connectivity index (χ1) is 16.9. The summed E-state index contributed by atoms with van der Waals surface area (Å²) in [5, 5.41) is 2.75. The molecule has 1 amide bonds. The summed E-state index contributed by atoms with van der Waals surface area (Å²) in [6, 6.07) is 8.53. The van der Waals surface area contributed by atoms with Gasteiger partial charge in [0.05, 0.1) is 0 Å². The number of fused-ring (bicyclic) bond motifs is 4. The molecule has 2 aliphatic heterocycles. The normalized spacial score (nSPS) is 21.3. The second-order valence-corrected chi connectivity index (χ2v) is 9.04. The molecule has 3 atom stereocenters. The van der Waals surface area contributed by atoms with E-state index < -0.39 is 17.5 Å². The van der Waals surface area contributed by atoms with Crippen LogP contribution in [-0.2, 0) is 22.4 Å². The molecule has 1 aromatic heterocycles. The summed E-state index contributed by atoms with van der Waals surface area (Å²) in [5.74, 6) is -1.48. The number of carbonyl (C=O) groups excluding carboxylic acids is 2. The van der Waals surface area contributed by atoms with Crippen molar-refractivity contribution in [3.8, 4) is 17.2 Å². The van der Waals surface area contributed by atoms with Gasteiger partial charge in [0.15, 0.2) is 11.6 Å². The molecular weight excluding hydrogens is 461 g/mol. The summed E-state index contributed by atoms with van der Waals surface area (Å²) in [6.45, 7) is 0. The lowest BCUT2D eigenvalue weighted by molar-refractivity contribution is -0.119. The van der Waals surface area contributed by atoms with Crippen molar-refractivity contribution < 1.29 is 32.2 Å². The van der Waals surface area contributed by atoms with Gasteiger partial charge in [0.25, 0.3) is 0 Å². The Labute approximate surface area is 198 Å². The number of nitrogens with one attached hydrogen (secondary N) is 1. The standard InChI is InChI=1S/C26H19F3N2O4/c27-13-7-12(24(29)19(28)9-13)8-14(32)10-18-23-17-11-15(1-3-20(17)35-25(18)23)34-21-5-6-30-26-16(21)2-4-22(33)31-26/h1,3,5-7,9,11,18,23,25H,2,4,8,10H2,(H,30,31,33)/t18-,23-,25+/m0/s1. The Balaban J connectivity index is 1.15. The Bertz CT molecular complexity index is 1390. The van der Waals surface area contributed by atoms with Crippen LogP contribution in [0.2, 0.25) is 0 Å². The summed E-state index contributed by atoms with van der Waals surface area (Å²) < 4.78 is 52.8. The lowest BCUT2D eigenvalue weighted by Gasteiger charge is -2.19. The molecule has 6 nitrogen and oxygen atoms in total. The smallest absolute Gasteiger partial charge is 0.225 e. The largest absolute Gasteiger partial charge is 0.489 e. The lowest BCUT2D eigenvalue weighted by atomic mass is 10.0. The van der Waals surface area contributed by atoms with Gasteiger partial charge in [-0.2, -0.15) is 0 Å². The SMILES string of the molecule is O=C(Cc1cc(F)cc(F)c1F)C[C@@H]1[C@H]2Oc3ccc(Oc4ccnc5c4CCC(=O)N5)cc3[C@@H]12. The number of ketones is 1. The summed E-state index contributed by atoms with van der Waals surface area (Å²) in [5.41, 5.74) is 1.47. The molecule has 0 spiro atoms. The quantitative estimate of drug-likeness (QED) is 0.511. The van der Waals surface area contributed by atoms with Crippen LogP contribution in [-0.4, -0.2) is 22.8 Å². The van der Waals surface area contributed by atoms with Crippen LogP contribution >= 0.6 is 0 Å². The second kappa shape index (κ2) is 8.11. The summed E-state index contributed by atoms with van der Waals surface area (Å²) >= 11 is 0. The molecule has 2 aromatic carbocycles. The van der Waals surface area contributed by atoms with Crippen molar-refractivity contribution in [2.45, 2.75) is 37.7 Å². The molecule has 35 heavy (non-hydrogen) atoms. The Hall–Kier alpha value is -3.88. The van der Waals surface area contributed by atoms with Gasteiger partial charge in [-0.3, -0.25) is 9.59 Å². The Morgan fingerprint density at radius 3 is 2.86 bits per heavy atom. The first-order valence-electron chi connectivity index (χ1n) is 11.3. The Morgan fingerprint density at radius 1 is 1.14 bits per heavy atom. The van der Waals surface area contributed by atoms with Crippen LogP contribution in [0.15, 0.2) is 42.6 Å². The molecule has 178 valence electrons. The number of rotatable bonds is 6. The van der Waals surface area contributed by atoms with E-state index in [1.165, 1.54) is 0 Å². The molecule has 3 aromatic rings. The van der Waals surface area contributed by atoms with Crippen LogP contribution in [0.5, 0.6) is 17.2 Å². The van der Waals surface area contributed by atoms with Gasteiger partial charge >= 0.3 is 0 Å². The van der Waals surface area contributed by atoms with E-state index in [0.29, 0.717) is 36.2 Å². The highest BCUT2D eigenvalue weighted by Crippen LogP contribution is 2.60. The highest BCUT2D eigenvalue weighted by molar-refractivity contribution is 5.93. The van der Waals surface area contributed by atoms with Gasteiger partial charge < -0.3 is 14.8 Å². The van der Waals surface area contributed by atoms with Crippen LogP contribution < -0.4 is 14.8 Å². The third-order valence-corrected chi connectivity index (χ3v) is 6.72. The van der Waals surface area contributed by atoms with Crippen molar-refractivity contribution in [2.75, 3.05) is 5.32 Å². The average Bonchev–Trinajstić information content (AvgIpc) is 3.33. The zero-order chi connectivity index (χ0) is 24.3. The molecule has 1 aliphatic carbocycles. The van der Waals surface area contributed by atoms with Gasteiger partial charge in [0, 0.05) is 60.1 Å². The first kappa shape index (κ1) is 21.6. The third-order valence-electron chi connectivity index (χ3n) is 6.72. The van der Waals surface area contributed by atoms with Crippen LogP contribution in [0.4, 0.5) is 19.0 Å². The summed E-state index contributed by atoms with van der Waals surface area (Å²) in [7, 11) is 0. The van der Waals surface area contributed by atoms with Gasteiger partial charge in [-0.25, -0.2) is 18.2 Å². The Morgan fingerprint density at radius 2 is 2.00 bits per heavy atom. The van der Waals surface area contributed by atoms with Crippen molar-refractivity contribution in [3.63, 3.8) is 0 Å². The Kier molecular flexibility index (Phi) is 5.01. The van der Waals surface area contributed by atoms with Crippen LogP contribution in [0, 0.1) is 23.4 Å². The number of aromatic nitrogens is 1. The number of halogens is 3. The van der Waals surface area contributed by atoms with Crippen LogP contribution in [0.25, 0.3) is 0 Å². The molecule has 0 unspecified atom stereocenters.